The summed E-state index contributed by atoms with van der Waals surface area (Å²) in [5, 5.41) is 3.41. The molecule has 2 aromatic rings. The highest BCUT2D eigenvalue weighted by Gasteiger charge is 2.14. The summed E-state index contributed by atoms with van der Waals surface area (Å²) in [4.78, 5) is 5.67. The van der Waals surface area contributed by atoms with Crippen molar-refractivity contribution < 1.29 is 4.39 Å². The number of rotatable bonds is 6. The average Bonchev–Trinajstić information content (AvgIpc) is 2.48. The van der Waals surface area contributed by atoms with Crippen LogP contribution in [0, 0.1) is 5.82 Å². The van der Waals surface area contributed by atoms with Crippen LogP contribution in [0.25, 0.3) is 0 Å². The molecule has 1 aromatic heterocycles. The Morgan fingerprint density at radius 2 is 2.00 bits per heavy atom. The standard InChI is InChI=1S/C16H19FN2S/c1-3-9-19-12(2)14-5-4-6-15(17)16(14)20-13-7-10-18-11-8-13/h4-8,10-12,19H,3,9H2,1-2H3. The predicted molar refractivity (Wildman–Crippen MR) is 81.5 cm³/mol. The lowest BCUT2D eigenvalue weighted by atomic mass is 10.1. The van der Waals surface area contributed by atoms with Crippen LogP contribution in [0.4, 0.5) is 4.39 Å². The van der Waals surface area contributed by atoms with Gasteiger partial charge in [-0.1, -0.05) is 30.8 Å². The second-order valence-corrected chi connectivity index (χ2v) is 5.70. The van der Waals surface area contributed by atoms with Crippen LogP contribution in [0.3, 0.4) is 0 Å². The molecule has 1 aromatic carbocycles. The van der Waals surface area contributed by atoms with Crippen LogP contribution in [-0.2, 0) is 0 Å². The fraction of sp³-hybridized carbons (Fsp3) is 0.312. The monoisotopic (exact) mass is 290 g/mol. The van der Waals surface area contributed by atoms with Gasteiger partial charge in [0.15, 0.2) is 0 Å². The minimum atomic E-state index is -0.172. The van der Waals surface area contributed by atoms with Crippen LogP contribution in [-0.4, -0.2) is 11.5 Å². The van der Waals surface area contributed by atoms with Crippen molar-refractivity contribution in [2.45, 2.75) is 36.1 Å². The van der Waals surface area contributed by atoms with E-state index in [1.54, 1.807) is 18.5 Å². The van der Waals surface area contributed by atoms with Gasteiger partial charge in [-0.05, 0) is 43.7 Å². The van der Waals surface area contributed by atoms with E-state index < -0.39 is 0 Å². The number of halogens is 1. The molecule has 2 rings (SSSR count). The third-order valence-corrected chi connectivity index (χ3v) is 4.18. The van der Waals surface area contributed by atoms with E-state index in [1.165, 1.54) is 17.8 Å². The van der Waals surface area contributed by atoms with Gasteiger partial charge in [-0.3, -0.25) is 4.98 Å². The largest absolute Gasteiger partial charge is 0.310 e. The maximum Gasteiger partial charge on any atom is 0.137 e. The Kier molecular flexibility index (Phi) is 5.56. The Morgan fingerprint density at radius 3 is 2.70 bits per heavy atom. The molecule has 1 heterocycles. The first-order valence-electron chi connectivity index (χ1n) is 6.82. The first kappa shape index (κ1) is 15.0. The zero-order valence-electron chi connectivity index (χ0n) is 11.8. The number of nitrogens with one attached hydrogen (secondary N) is 1. The van der Waals surface area contributed by atoms with E-state index in [1.807, 2.05) is 18.2 Å². The smallest absolute Gasteiger partial charge is 0.137 e. The van der Waals surface area contributed by atoms with Gasteiger partial charge in [-0.25, -0.2) is 4.39 Å². The van der Waals surface area contributed by atoms with Gasteiger partial charge >= 0.3 is 0 Å². The summed E-state index contributed by atoms with van der Waals surface area (Å²) in [5.74, 6) is -0.172. The van der Waals surface area contributed by atoms with Gasteiger partial charge in [-0.2, -0.15) is 0 Å². The van der Waals surface area contributed by atoms with E-state index in [0.29, 0.717) is 4.90 Å². The molecule has 0 saturated heterocycles. The lowest BCUT2D eigenvalue weighted by Gasteiger charge is -2.18. The number of hydrogen-bond donors (Lipinski definition) is 1. The minimum absolute atomic E-state index is 0.134. The molecule has 0 aliphatic carbocycles. The third-order valence-electron chi connectivity index (χ3n) is 3.03. The van der Waals surface area contributed by atoms with E-state index in [2.05, 4.69) is 24.1 Å². The summed E-state index contributed by atoms with van der Waals surface area (Å²) >= 11 is 1.45. The molecule has 1 atom stereocenters. The molecule has 0 saturated carbocycles. The van der Waals surface area contributed by atoms with E-state index >= 15 is 0 Å². The first-order valence-corrected chi connectivity index (χ1v) is 7.63. The Balaban J connectivity index is 2.26. The van der Waals surface area contributed by atoms with Crippen LogP contribution >= 0.6 is 11.8 Å². The van der Waals surface area contributed by atoms with Crippen molar-refractivity contribution in [3.05, 3.63) is 54.1 Å². The van der Waals surface area contributed by atoms with Gasteiger partial charge in [-0.15, -0.1) is 0 Å². The highest BCUT2D eigenvalue weighted by atomic mass is 32.2. The average molecular weight is 290 g/mol. The number of aromatic nitrogens is 1. The zero-order valence-corrected chi connectivity index (χ0v) is 12.6. The van der Waals surface area contributed by atoms with E-state index in [9.17, 15) is 4.39 Å². The summed E-state index contributed by atoms with van der Waals surface area (Å²) in [5.41, 5.74) is 1.00. The Morgan fingerprint density at radius 1 is 1.25 bits per heavy atom. The van der Waals surface area contributed by atoms with E-state index in [4.69, 9.17) is 0 Å². The molecule has 4 heteroatoms. The summed E-state index contributed by atoms with van der Waals surface area (Å²) in [7, 11) is 0. The van der Waals surface area contributed by atoms with Crippen LogP contribution in [0.1, 0.15) is 31.9 Å². The van der Waals surface area contributed by atoms with Crippen LogP contribution in [0.15, 0.2) is 52.5 Å². The minimum Gasteiger partial charge on any atom is -0.310 e. The summed E-state index contributed by atoms with van der Waals surface area (Å²) in [6.45, 7) is 5.12. The van der Waals surface area contributed by atoms with Crippen molar-refractivity contribution in [2.24, 2.45) is 0 Å². The predicted octanol–water partition coefficient (Wildman–Crippen LogP) is 4.43. The Bertz CT molecular complexity index is 545. The van der Waals surface area contributed by atoms with Crippen molar-refractivity contribution in [3.8, 4) is 0 Å². The van der Waals surface area contributed by atoms with Crippen molar-refractivity contribution in [2.75, 3.05) is 6.54 Å². The molecule has 1 N–H and O–H groups in total. The van der Waals surface area contributed by atoms with Gasteiger partial charge in [0.1, 0.15) is 5.82 Å². The molecule has 0 amide bonds. The highest BCUT2D eigenvalue weighted by Crippen LogP contribution is 2.35. The Hall–Kier alpha value is -1.39. The number of benzene rings is 1. The molecule has 0 aliphatic heterocycles. The molecule has 20 heavy (non-hydrogen) atoms. The molecule has 2 nitrogen and oxygen atoms in total. The van der Waals surface area contributed by atoms with Crippen molar-refractivity contribution in [1.82, 2.24) is 10.3 Å². The molecule has 1 unspecified atom stereocenters. The first-order chi connectivity index (χ1) is 9.72. The van der Waals surface area contributed by atoms with E-state index in [0.717, 1.165) is 23.4 Å². The third kappa shape index (κ3) is 3.81. The number of nitrogens with zero attached hydrogens (tertiary/aromatic N) is 1. The van der Waals surface area contributed by atoms with E-state index in [-0.39, 0.29) is 11.9 Å². The van der Waals surface area contributed by atoms with Crippen molar-refractivity contribution in [1.29, 1.82) is 0 Å². The van der Waals surface area contributed by atoms with Crippen LogP contribution in [0.2, 0.25) is 0 Å². The maximum atomic E-state index is 14.2. The van der Waals surface area contributed by atoms with Gasteiger partial charge in [0.05, 0.1) is 4.90 Å². The second-order valence-electron chi connectivity index (χ2n) is 4.62. The molecule has 0 radical (unpaired) electrons. The molecule has 0 fully saturated rings. The summed E-state index contributed by atoms with van der Waals surface area (Å²) in [6, 6.07) is 9.19. The van der Waals surface area contributed by atoms with Crippen LogP contribution < -0.4 is 5.32 Å². The SMILES string of the molecule is CCCNC(C)c1cccc(F)c1Sc1ccncc1. The summed E-state index contributed by atoms with van der Waals surface area (Å²) in [6.07, 6.45) is 4.51. The van der Waals surface area contributed by atoms with Crippen molar-refractivity contribution >= 4 is 11.8 Å². The topological polar surface area (TPSA) is 24.9 Å². The molecule has 106 valence electrons. The normalized spacial score (nSPS) is 12.3. The Labute approximate surface area is 123 Å². The van der Waals surface area contributed by atoms with Gasteiger partial charge in [0.25, 0.3) is 0 Å². The van der Waals surface area contributed by atoms with Gasteiger partial charge in [0, 0.05) is 23.3 Å². The second kappa shape index (κ2) is 7.41. The quantitative estimate of drug-likeness (QED) is 0.851. The number of pyridine rings is 1. The molecular weight excluding hydrogens is 271 g/mol. The zero-order chi connectivity index (χ0) is 14.4. The molecular formula is C16H19FN2S. The number of hydrogen-bond acceptors (Lipinski definition) is 3. The fourth-order valence-corrected chi connectivity index (χ4v) is 2.99. The van der Waals surface area contributed by atoms with Crippen molar-refractivity contribution in [3.63, 3.8) is 0 Å². The van der Waals surface area contributed by atoms with Gasteiger partial charge in [0.2, 0.25) is 0 Å². The van der Waals surface area contributed by atoms with Crippen LogP contribution in [0.5, 0.6) is 0 Å². The lowest BCUT2D eigenvalue weighted by Crippen LogP contribution is -2.20. The molecule has 0 aliphatic rings. The highest BCUT2D eigenvalue weighted by molar-refractivity contribution is 7.99. The van der Waals surface area contributed by atoms with Gasteiger partial charge < -0.3 is 5.32 Å². The molecule has 0 spiro atoms. The maximum absolute atomic E-state index is 14.2. The molecule has 0 bridgehead atoms. The fourth-order valence-electron chi connectivity index (χ4n) is 1.97. The summed E-state index contributed by atoms with van der Waals surface area (Å²) < 4.78 is 14.2. The lowest BCUT2D eigenvalue weighted by molar-refractivity contribution is 0.543.